The van der Waals surface area contributed by atoms with Crippen LogP contribution in [0, 0.1) is 6.92 Å². The van der Waals surface area contributed by atoms with E-state index in [1.54, 1.807) is 19.1 Å². The van der Waals surface area contributed by atoms with Crippen molar-refractivity contribution < 1.29 is 28.9 Å². The first-order valence-corrected chi connectivity index (χ1v) is 11.1. The maximum atomic E-state index is 13.3. The van der Waals surface area contributed by atoms with E-state index in [0.29, 0.717) is 48.5 Å². The number of aromatic carboxylic acids is 1. The first-order valence-electron chi connectivity index (χ1n) is 11.1. The van der Waals surface area contributed by atoms with E-state index < -0.39 is 17.8 Å². The highest BCUT2D eigenvalue weighted by Crippen LogP contribution is 2.40. The van der Waals surface area contributed by atoms with Gasteiger partial charge in [-0.25, -0.2) is 24.5 Å². The van der Waals surface area contributed by atoms with E-state index in [1.165, 1.54) is 11.1 Å². The fourth-order valence-electron chi connectivity index (χ4n) is 4.55. The molecule has 180 valence electrons. The van der Waals surface area contributed by atoms with Gasteiger partial charge in [0.25, 0.3) is 0 Å². The van der Waals surface area contributed by atoms with Gasteiger partial charge in [0.2, 0.25) is 5.82 Å². The van der Waals surface area contributed by atoms with Crippen LogP contribution in [0.5, 0.6) is 5.75 Å². The molecule has 0 aromatic carbocycles. The number of fused-ring (bicyclic) bond motifs is 4. The van der Waals surface area contributed by atoms with Crippen LogP contribution in [0.4, 0.5) is 22.1 Å². The average molecular weight is 470 g/mol. The first kappa shape index (κ1) is 22.3. The molecule has 5 heterocycles. The average Bonchev–Trinajstić information content (AvgIpc) is 3.35. The fraction of sp³-hybridized carbons (Fsp3) is 0.500. The van der Waals surface area contributed by atoms with E-state index in [2.05, 4.69) is 25.2 Å². The monoisotopic (exact) mass is 470 g/mol. The molecule has 3 aliphatic heterocycles. The Morgan fingerprint density at radius 1 is 1.35 bits per heavy atom. The number of nitrogens with zero attached hydrogens (tertiary/aromatic N) is 5. The second kappa shape index (κ2) is 8.37. The second-order valence-corrected chi connectivity index (χ2v) is 8.94. The molecule has 2 atom stereocenters. The number of carboxylic acid groups (broad SMARTS) is 1. The molecule has 2 N–H and O–H groups in total. The molecule has 2 amide bonds. The highest BCUT2D eigenvalue weighted by Gasteiger charge is 2.42. The van der Waals surface area contributed by atoms with E-state index in [4.69, 9.17) is 14.2 Å². The normalized spacial score (nSPS) is 22.4. The number of carbonyl (C=O) groups excluding carboxylic acids is 1. The Morgan fingerprint density at radius 3 is 2.91 bits per heavy atom. The van der Waals surface area contributed by atoms with Crippen LogP contribution >= 0.6 is 0 Å². The number of urea groups is 1. The number of rotatable bonds is 5. The van der Waals surface area contributed by atoms with E-state index in [0.717, 1.165) is 13.0 Å². The van der Waals surface area contributed by atoms with Crippen molar-refractivity contribution in [3.63, 3.8) is 0 Å². The number of hydrogen-bond donors (Lipinski definition) is 2. The molecule has 2 fully saturated rings. The molecule has 0 aliphatic carbocycles. The fourth-order valence-corrected chi connectivity index (χ4v) is 4.55. The highest BCUT2D eigenvalue weighted by molar-refractivity contribution is 6.04. The molecule has 2 aromatic rings. The molecule has 12 nitrogen and oxygen atoms in total. The molecule has 12 heteroatoms. The lowest BCUT2D eigenvalue weighted by atomic mass is 10.1. The minimum Gasteiger partial charge on any atom is -0.491 e. The highest BCUT2D eigenvalue weighted by atomic mass is 16.7. The maximum Gasteiger partial charge on any atom is 0.374 e. The van der Waals surface area contributed by atoms with E-state index in [9.17, 15) is 14.7 Å². The molecule has 5 rings (SSSR count). The summed E-state index contributed by atoms with van der Waals surface area (Å²) in [6.07, 6.45) is 2.09. The Labute approximate surface area is 195 Å². The van der Waals surface area contributed by atoms with Gasteiger partial charge in [-0.1, -0.05) is 0 Å². The van der Waals surface area contributed by atoms with Gasteiger partial charge in [-0.05, 0) is 33.3 Å². The predicted octanol–water partition coefficient (Wildman–Crippen LogP) is 2.04. The third-order valence-electron chi connectivity index (χ3n) is 5.99. The molecule has 2 aromatic heterocycles. The van der Waals surface area contributed by atoms with Gasteiger partial charge in [-0.15, -0.1) is 0 Å². The van der Waals surface area contributed by atoms with Gasteiger partial charge in [0.05, 0.1) is 18.3 Å². The number of carbonyl (C=O) groups is 2. The van der Waals surface area contributed by atoms with Crippen LogP contribution in [0.2, 0.25) is 0 Å². The Kier molecular flexibility index (Phi) is 5.48. The predicted molar refractivity (Wildman–Crippen MR) is 120 cm³/mol. The van der Waals surface area contributed by atoms with E-state index in [-0.39, 0.29) is 18.0 Å². The van der Waals surface area contributed by atoms with Gasteiger partial charge in [0.15, 0.2) is 11.6 Å². The summed E-state index contributed by atoms with van der Waals surface area (Å²) >= 11 is 0. The Morgan fingerprint density at radius 2 is 2.18 bits per heavy atom. The van der Waals surface area contributed by atoms with Crippen molar-refractivity contribution in [3.8, 4) is 5.75 Å². The summed E-state index contributed by atoms with van der Waals surface area (Å²) in [5.41, 5.74) is 1.20. The van der Waals surface area contributed by atoms with Crippen molar-refractivity contribution >= 4 is 29.3 Å². The summed E-state index contributed by atoms with van der Waals surface area (Å²) in [7, 11) is 0. The molecule has 2 saturated heterocycles. The lowest BCUT2D eigenvalue weighted by Crippen LogP contribution is -2.49. The van der Waals surface area contributed by atoms with Gasteiger partial charge < -0.3 is 24.2 Å². The van der Waals surface area contributed by atoms with Crippen molar-refractivity contribution in [2.45, 2.75) is 45.1 Å². The van der Waals surface area contributed by atoms with Crippen molar-refractivity contribution in [1.82, 2.24) is 15.0 Å². The molecular formula is C22H26N6O6. The Balaban J connectivity index is 1.33. The smallest absolute Gasteiger partial charge is 0.374 e. The molecule has 0 spiro atoms. The van der Waals surface area contributed by atoms with Crippen LogP contribution in [0.15, 0.2) is 18.3 Å². The number of anilines is 3. The minimum absolute atomic E-state index is 0.134. The Bertz CT molecular complexity index is 1140. The molecule has 1 unspecified atom stereocenters. The second-order valence-electron chi connectivity index (χ2n) is 8.94. The number of aromatic nitrogens is 3. The largest absolute Gasteiger partial charge is 0.491 e. The number of pyridine rings is 1. The van der Waals surface area contributed by atoms with Crippen LogP contribution < -0.4 is 19.9 Å². The van der Waals surface area contributed by atoms with Crippen LogP contribution in [0.3, 0.4) is 0 Å². The quantitative estimate of drug-likeness (QED) is 0.667. The van der Waals surface area contributed by atoms with Crippen LogP contribution in [0.25, 0.3) is 0 Å². The van der Waals surface area contributed by atoms with Crippen LogP contribution in [-0.2, 0) is 9.47 Å². The summed E-state index contributed by atoms with van der Waals surface area (Å²) in [6.45, 7) is 7.53. The number of hydrogen-bond acceptors (Lipinski definition) is 9. The van der Waals surface area contributed by atoms with Gasteiger partial charge in [-0.3, -0.25) is 10.2 Å². The van der Waals surface area contributed by atoms with Gasteiger partial charge in [0.1, 0.15) is 30.0 Å². The number of aryl methyl sites for hydroxylation is 1. The minimum atomic E-state index is -1.24. The maximum absolute atomic E-state index is 13.3. The molecule has 3 aliphatic rings. The topological polar surface area (TPSA) is 139 Å². The summed E-state index contributed by atoms with van der Waals surface area (Å²) in [4.78, 5) is 41.0. The summed E-state index contributed by atoms with van der Waals surface area (Å²) in [6, 6.07) is 2.74. The zero-order valence-corrected chi connectivity index (χ0v) is 19.1. The SMILES string of the molecule is Cc1nc(C(=O)O)nc2c1N1CC[C@@H](C1)N2C(=O)Nc1cc(OCC2COC(C)(C)O2)ccn1. The zero-order valence-electron chi connectivity index (χ0n) is 19.1. The van der Waals surface area contributed by atoms with E-state index in [1.807, 2.05) is 13.8 Å². The summed E-state index contributed by atoms with van der Waals surface area (Å²) in [5.74, 6) is -1.09. The number of carboxylic acids is 1. The van der Waals surface area contributed by atoms with Gasteiger partial charge in [0, 0.05) is 25.4 Å². The molecule has 0 saturated carbocycles. The van der Waals surface area contributed by atoms with E-state index >= 15 is 0 Å². The van der Waals surface area contributed by atoms with Crippen LogP contribution in [-0.4, -0.2) is 76.3 Å². The van der Waals surface area contributed by atoms with Crippen LogP contribution in [0.1, 0.15) is 36.6 Å². The summed E-state index contributed by atoms with van der Waals surface area (Å²) in [5, 5.41) is 12.2. The third kappa shape index (κ3) is 4.21. The number of ether oxygens (including phenoxy) is 3. The van der Waals surface area contributed by atoms with Crippen molar-refractivity contribution in [2.24, 2.45) is 0 Å². The third-order valence-corrected chi connectivity index (χ3v) is 5.99. The van der Waals surface area contributed by atoms with Crippen molar-refractivity contribution in [2.75, 3.05) is 41.4 Å². The summed E-state index contributed by atoms with van der Waals surface area (Å²) < 4.78 is 17.1. The molecule has 2 bridgehead atoms. The zero-order chi connectivity index (χ0) is 24.0. The molecule has 0 radical (unpaired) electrons. The lowest BCUT2D eigenvalue weighted by Gasteiger charge is -2.36. The van der Waals surface area contributed by atoms with Crippen molar-refractivity contribution in [3.05, 3.63) is 29.8 Å². The standard InChI is InChI=1S/C22H26N6O6/c1-12-17-19(26-18(24-12)20(29)30)28(13-5-7-27(17)9-13)21(31)25-16-8-14(4-6-23-16)32-10-15-11-33-22(2,3)34-15/h4,6,8,13,15H,5,7,9-11H2,1-3H3,(H,29,30)(H,23,25,31)/t13-,15?/m0/s1. The number of nitrogens with one attached hydrogen (secondary N) is 1. The first-order chi connectivity index (χ1) is 16.2. The molecular weight excluding hydrogens is 444 g/mol. The lowest BCUT2D eigenvalue weighted by molar-refractivity contribution is -0.141. The molecule has 34 heavy (non-hydrogen) atoms. The Hall–Kier alpha value is -3.51. The number of amides is 2. The van der Waals surface area contributed by atoms with Gasteiger partial charge in [-0.2, -0.15) is 0 Å². The van der Waals surface area contributed by atoms with Gasteiger partial charge >= 0.3 is 12.0 Å². The van der Waals surface area contributed by atoms with Crippen molar-refractivity contribution in [1.29, 1.82) is 0 Å².